The highest BCUT2D eigenvalue weighted by molar-refractivity contribution is 9.09. The molecule has 0 aliphatic heterocycles. The van der Waals surface area contributed by atoms with Crippen LogP contribution in [-0.2, 0) is 0 Å². The minimum absolute atomic E-state index is 0.500. The highest BCUT2D eigenvalue weighted by Gasteiger charge is 2.16. The zero-order chi connectivity index (χ0) is 6.69. The number of nitrogens with two attached hydrogens (primary N) is 1. The number of rotatable bonds is 1. The van der Waals surface area contributed by atoms with Crippen molar-refractivity contribution >= 4 is 15.9 Å². The molecule has 1 aliphatic rings. The summed E-state index contributed by atoms with van der Waals surface area (Å²) in [5, 5.41) is 1.17. The van der Waals surface area contributed by atoms with E-state index in [9.17, 15) is 0 Å². The van der Waals surface area contributed by atoms with E-state index in [1.54, 1.807) is 0 Å². The van der Waals surface area contributed by atoms with Crippen molar-refractivity contribution in [2.24, 2.45) is 11.7 Å². The molecular formula is C7H14BrN. The molecule has 0 radical (unpaired) electrons. The van der Waals surface area contributed by atoms with Crippen LogP contribution in [-0.4, -0.2) is 11.4 Å². The molecule has 1 fully saturated rings. The molecule has 2 heteroatoms. The summed E-state index contributed by atoms with van der Waals surface area (Å²) in [6.45, 7) is 0. The number of halogens is 1. The van der Waals surface area contributed by atoms with Crippen LogP contribution in [0.4, 0.5) is 0 Å². The lowest BCUT2D eigenvalue weighted by molar-refractivity contribution is 0.354. The molecule has 0 aromatic carbocycles. The van der Waals surface area contributed by atoms with Gasteiger partial charge in [0.15, 0.2) is 0 Å². The number of alkyl halides is 1. The van der Waals surface area contributed by atoms with E-state index in [4.69, 9.17) is 5.73 Å². The van der Waals surface area contributed by atoms with Gasteiger partial charge in [0.1, 0.15) is 0 Å². The molecule has 9 heavy (non-hydrogen) atoms. The van der Waals surface area contributed by atoms with Crippen molar-refractivity contribution in [1.29, 1.82) is 0 Å². The van der Waals surface area contributed by atoms with Crippen molar-refractivity contribution in [2.75, 3.05) is 5.33 Å². The van der Waals surface area contributed by atoms with Gasteiger partial charge in [-0.1, -0.05) is 15.9 Å². The van der Waals surface area contributed by atoms with Gasteiger partial charge in [0.25, 0.3) is 0 Å². The zero-order valence-corrected chi connectivity index (χ0v) is 7.23. The van der Waals surface area contributed by atoms with Gasteiger partial charge in [-0.05, 0) is 31.6 Å². The maximum absolute atomic E-state index is 5.74. The van der Waals surface area contributed by atoms with Gasteiger partial charge < -0.3 is 5.73 Å². The molecule has 1 aliphatic carbocycles. The SMILES string of the molecule is N[C@H]1CC[C@H](CBr)CC1. The molecule has 0 atom stereocenters. The summed E-state index contributed by atoms with van der Waals surface area (Å²) in [6.07, 6.45) is 5.12. The van der Waals surface area contributed by atoms with Crippen LogP contribution in [0.15, 0.2) is 0 Å². The predicted octanol–water partition coefficient (Wildman–Crippen LogP) is 1.90. The van der Waals surface area contributed by atoms with Gasteiger partial charge in [-0.2, -0.15) is 0 Å². The first-order chi connectivity index (χ1) is 4.33. The summed E-state index contributed by atoms with van der Waals surface area (Å²) < 4.78 is 0. The third-order valence-corrected chi connectivity index (χ3v) is 3.03. The van der Waals surface area contributed by atoms with Gasteiger partial charge in [-0.25, -0.2) is 0 Å². The summed E-state index contributed by atoms with van der Waals surface area (Å²) in [7, 11) is 0. The first-order valence-electron chi connectivity index (χ1n) is 3.64. The second-order valence-electron chi connectivity index (χ2n) is 2.94. The quantitative estimate of drug-likeness (QED) is 0.631. The van der Waals surface area contributed by atoms with Crippen molar-refractivity contribution in [2.45, 2.75) is 31.7 Å². The molecule has 0 unspecified atom stereocenters. The summed E-state index contributed by atoms with van der Waals surface area (Å²) in [4.78, 5) is 0. The smallest absolute Gasteiger partial charge is 0.00596 e. The average molecular weight is 192 g/mol. The van der Waals surface area contributed by atoms with E-state index in [2.05, 4.69) is 15.9 Å². The predicted molar refractivity (Wildman–Crippen MR) is 43.7 cm³/mol. The lowest BCUT2D eigenvalue weighted by Gasteiger charge is -2.23. The fraction of sp³-hybridized carbons (Fsp3) is 1.00. The fourth-order valence-corrected chi connectivity index (χ4v) is 1.99. The Morgan fingerprint density at radius 1 is 1.22 bits per heavy atom. The molecule has 0 amide bonds. The highest BCUT2D eigenvalue weighted by Crippen LogP contribution is 2.24. The van der Waals surface area contributed by atoms with E-state index in [1.165, 1.54) is 31.0 Å². The standard InChI is InChI=1S/C7H14BrN/c8-5-6-1-3-7(9)4-2-6/h6-7H,1-5,9H2/t6-,7-. The fourth-order valence-electron chi connectivity index (χ4n) is 1.34. The van der Waals surface area contributed by atoms with Gasteiger partial charge in [-0.3, -0.25) is 0 Å². The highest BCUT2D eigenvalue weighted by atomic mass is 79.9. The second-order valence-corrected chi connectivity index (χ2v) is 3.58. The first-order valence-corrected chi connectivity index (χ1v) is 4.76. The van der Waals surface area contributed by atoms with E-state index in [-0.39, 0.29) is 0 Å². The lowest BCUT2D eigenvalue weighted by atomic mass is 9.88. The average Bonchev–Trinajstić information content (AvgIpc) is 1.90. The van der Waals surface area contributed by atoms with Crippen molar-refractivity contribution < 1.29 is 0 Å². The molecule has 2 N–H and O–H groups in total. The minimum Gasteiger partial charge on any atom is -0.328 e. The van der Waals surface area contributed by atoms with Crippen molar-refractivity contribution in [3.63, 3.8) is 0 Å². The molecule has 0 bridgehead atoms. The summed E-state index contributed by atoms with van der Waals surface area (Å²) in [5.74, 6) is 0.907. The molecule has 54 valence electrons. The Hall–Kier alpha value is 0.440. The van der Waals surface area contributed by atoms with E-state index in [0.717, 1.165) is 5.92 Å². The van der Waals surface area contributed by atoms with Crippen molar-refractivity contribution in [1.82, 2.24) is 0 Å². The normalized spacial score (nSPS) is 36.7. The van der Waals surface area contributed by atoms with E-state index in [1.807, 2.05) is 0 Å². The van der Waals surface area contributed by atoms with E-state index >= 15 is 0 Å². The molecule has 0 saturated heterocycles. The molecule has 1 rings (SSSR count). The minimum atomic E-state index is 0.500. The van der Waals surface area contributed by atoms with Crippen LogP contribution >= 0.6 is 15.9 Å². The molecule has 1 saturated carbocycles. The van der Waals surface area contributed by atoms with E-state index < -0.39 is 0 Å². The molecule has 0 aromatic rings. The van der Waals surface area contributed by atoms with Crippen molar-refractivity contribution in [3.8, 4) is 0 Å². The van der Waals surface area contributed by atoms with Crippen LogP contribution in [0.3, 0.4) is 0 Å². The van der Waals surface area contributed by atoms with Crippen LogP contribution in [0.5, 0.6) is 0 Å². The van der Waals surface area contributed by atoms with Gasteiger partial charge in [-0.15, -0.1) is 0 Å². The molecular weight excluding hydrogens is 178 g/mol. The third-order valence-electron chi connectivity index (χ3n) is 2.11. The monoisotopic (exact) mass is 191 g/mol. The number of hydrogen-bond donors (Lipinski definition) is 1. The summed E-state index contributed by atoms with van der Waals surface area (Å²) >= 11 is 3.49. The van der Waals surface area contributed by atoms with Crippen LogP contribution < -0.4 is 5.73 Å². The molecule has 1 nitrogen and oxygen atoms in total. The maximum atomic E-state index is 5.74. The second kappa shape index (κ2) is 3.57. The largest absolute Gasteiger partial charge is 0.328 e. The van der Waals surface area contributed by atoms with Gasteiger partial charge in [0.2, 0.25) is 0 Å². The Balaban J connectivity index is 2.18. The van der Waals surface area contributed by atoms with Crippen molar-refractivity contribution in [3.05, 3.63) is 0 Å². The van der Waals surface area contributed by atoms with Gasteiger partial charge in [0, 0.05) is 11.4 Å². The maximum Gasteiger partial charge on any atom is 0.00596 e. The molecule has 0 aromatic heterocycles. The topological polar surface area (TPSA) is 26.0 Å². The van der Waals surface area contributed by atoms with Gasteiger partial charge in [0.05, 0.1) is 0 Å². The Morgan fingerprint density at radius 2 is 1.78 bits per heavy atom. The van der Waals surface area contributed by atoms with Crippen LogP contribution in [0.1, 0.15) is 25.7 Å². The summed E-state index contributed by atoms with van der Waals surface area (Å²) in [5.41, 5.74) is 5.74. The van der Waals surface area contributed by atoms with Crippen LogP contribution in [0.2, 0.25) is 0 Å². The van der Waals surface area contributed by atoms with E-state index in [0.29, 0.717) is 6.04 Å². The molecule has 0 spiro atoms. The number of hydrogen-bond acceptors (Lipinski definition) is 1. The lowest BCUT2D eigenvalue weighted by Crippen LogP contribution is -2.26. The van der Waals surface area contributed by atoms with Gasteiger partial charge >= 0.3 is 0 Å². The molecule has 0 heterocycles. The Labute approximate surface area is 65.1 Å². The zero-order valence-electron chi connectivity index (χ0n) is 5.65. The van der Waals surface area contributed by atoms with Crippen LogP contribution in [0.25, 0.3) is 0 Å². The third kappa shape index (κ3) is 2.26. The Kier molecular flexibility index (Phi) is 2.99. The Morgan fingerprint density at radius 3 is 2.22 bits per heavy atom. The van der Waals surface area contributed by atoms with Crippen LogP contribution in [0, 0.1) is 5.92 Å². The first kappa shape index (κ1) is 7.55. The summed E-state index contributed by atoms with van der Waals surface area (Å²) in [6, 6.07) is 0.500. The Bertz CT molecular complexity index is 77.0.